The zero-order valence-corrected chi connectivity index (χ0v) is 11.4. The smallest absolute Gasteiger partial charge is 0.296 e. The summed E-state index contributed by atoms with van der Waals surface area (Å²) in [6.45, 7) is 3.02. The van der Waals surface area contributed by atoms with Crippen LogP contribution in [0.15, 0.2) is 18.2 Å². The van der Waals surface area contributed by atoms with Crippen molar-refractivity contribution >= 4 is 11.4 Å². The van der Waals surface area contributed by atoms with E-state index in [9.17, 15) is 10.1 Å². The first-order chi connectivity index (χ1) is 9.04. The van der Waals surface area contributed by atoms with Crippen molar-refractivity contribution in [2.75, 3.05) is 19.0 Å². The monoisotopic (exact) mass is 264 g/mol. The quantitative estimate of drug-likeness (QED) is 0.652. The standard InChI is InChI=1S/C14H20N2O3/c1-14(7-3-4-8-14)10-15-12-6-5-11(19-2)9-13(12)16(17)18/h5-6,9,15H,3-4,7-8,10H2,1-2H3. The summed E-state index contributed by atoms with van der Waals surface area (Å²) in [5.41, 5.74) is 0.897. The van der Waals surface area contributed by atoms with Crippen LogP contribution in [0.2, 0.25) is 0 Å². The Labute approximate surface area is 113 Å². The lowest BCUT2D eigenvalue weighted by molar-refractivity contribution is -0.384. The highest BCUT2D eigenvalue weighted by molar-refractivity contribution is 5.64. The van der Waals surface area contributed by atoms with Crippen LogP contribution in [0.25, 0.3) is 0 Å². The molecule has 19 heavy (non-hydrogen) atoms. The Morgan fingerprint density at radius 1 is 1.42 bits per heavy atom. The summed E-state index contributed by atoms with van der Waals surface area (Å²) >= 11 is 0. The Hall–Kier alpha value is -1.78. The molecule has 0 aromatic heterocycles. The number of nitrogens with zero attached hydrogens (tertiary/aromatic N) is 1. The first-order valence-electron chi connectivity index (χ1n) is 6.60. The van der Waals surface area contributed by atoms with Gasteiger partial charge in [0.25, 0.3) is 5.69 Å². The van der Waals surface area contributed by atoms with Crippen LogP contribution in [0.1, 0.15) is 32.6 Å². The molecule has 0 saturated heterocycles. The SMILES string of the molecule is COc1ccc(NCC2(C)CCCC2)c([N+](=O)[O-])c1. The number of nitro benzene ring substituents is 1. The van der Waals surface area contributed by atoms with E-state index in [2.05, 4.69) is 12.2 Å². The minimum Gasteiger partial charge on any atom is -0.496 e. The van der Waals surface area contributed by atoms with E-state index in [-0.39, 0.29) is 16.0 Å². The normalized spacial score (nSPS) is 17.2. The summed E-state index contributed by atoms with van der Waals surface area (Å²) in [4.78, 5) is 10.7. The number of benzene rings is 1. The molecule has 0 aliphatic heterocycles. The number of hydrogen-bond acceptors (Lipinski definition) is 4. The molecule has 1 aliphatic rings. The molecule has 0 radical (unpaired) electrons. The maximum atomic E-state index is 11.1. The van der Waals surface area contributed by atoms with Crippen LogP contribution >= 0.6 is 0 Å². The van der Waals surface area contributed by atoms with Crippen molar-refractivity contribution in [3.63, 3.8) is 0 Å². The number of nitrogens with one attached hydrogen (secondary N) is 1. The summed E-state index contributed by atoms with van der Waals surface area (Å²) < 4.78 is 5.03. The van der Waals surface area contributed by atoms with Crippen molar-refractivity contribution < 1.29 is 9.66 Å². The molecule has 0 amide bonds. The molecule has 0 bridgehead atoms. The predicted molar refractivity (Wildman–Crippen MR) is 74.7 cm³/mol. The first kappa shape index (κ1) is 13.6. The minimum absolute atomic E-state index is 0.0703. The van der Waals surface area contributed by atoms with E-state index in [1.165, 1.54) is 38.9 Å². The Morgan fingerprint density at radius 3 is 2.68 bits per heavy atom. The van der Waals surface area contributed by atoms with Crippen LogP contribution < -0.4 is 10.1 Å². The fourth-order valence-electron chi connectivity index (χ4n) is 2.65. The first-order valence-corrected chi connectivity index (χ1v) is 6.60. The second-order valence-electron chi connectivity index (χ2n) is 5.51. The molecule has 5 nitrogen and oxygen atoms in total. The molecule has 1 saturated carbocycles. The molecular weight excluding hydrogens is 244 g/mol. The molecule has 0 atom stereocenters. The van der Waals surface area contributed by atoms with Crippen molar-refractivity contribution in [3.8, 4) is 5.75 Å². The fourth-order valence-corrected chi connectivity index (χ4v) is 2.65. The van der Waals surface area contributed by atoms with Gasteiger partial charge in [0.2, 0.25) is 0 Å². The van der Waals surface area contributed by atoms with Gasteiger partial charge in [-0.05, 0) is 30.4 Å². The van der Waals surface area contributed by atoms with Crippen molar-refractivity contribution in [2.24, 2.45) is 5.41 Å². The van der Waals surface area contributed by atoms with Crippen molar-refractivity contribution in [3.05, 3.63) is 28.3 Å². The third-order valence-corrected chi connectivity index (χ3v) is 3.92. The highest BCUT2D eigenvalue weighted by Crippen LogP contribution is 2.38. The Balaban J connectivity index is 2.13. The Morgan fingerprint density at radius 2 is 2.11 bits per heavy atom. The van der Waals surface area contributed by atoms with Gasteiger partial charge in [-0.1, -0.05) is 19.8 Å². The summed E-state index contributed by atoms with van der Waals surface area (Å²) in [6, 6.07) is 4.92. The molecule has 0 unspecified atom stereocenters. The molecule has 2 rings (SSSR count). The van der Waals surface area contributed by atoms with Crippen LogP contribution in [-0.2, 0) is 0 Å². The van der Waals surface area contributed by atoms with Gasteiger partial charge in [-0.25, -0.2) is 0 Å². The van der Waals surface area contributed by atoms with Gasteiger partial charge in [-0.3, -0.25) is 10.1 Å². The Kier molecular flexibility index (Phi) is 3.93. The number of ether oxygens (including phenoxy) is 1. The van der Waals surface area contributed by atoms with Crippen LogP contribution in [0, 0.1) is 15.5 Å². The topological polar surface area (TPSA) is 64.4 Å². The highest BCUT2D eigenvalue weighted by Gasteiger charge is 2.29. The number of methoxy groups -OCH3 is 1. The van der Waals surface area contributed by atoms with Crippen LogP contribution in [0.5, 0.6) is 5.75 Å². The Bertz CT molecular complexity index is 468. The lowest BCUT2D eigenvalue weighted by Crippen LogP contribution is -2.23. The molecule has 1 fully saturated rings. The zero-order valence-electron chi connectivity index (χ0n) is 11.4. The van der Waals surface area contributed by atoms with E-state index in [1.54, 1.807) is 12.1 Å². The largest absolute Gasteiger partial charge is 0.496 e. The van der Waals surface area contributed by atoms with E-state index in [0.717, 1.165) is 6.54 Å². The maximum absolute atomic E-state index is 11.1. The number of rotatable bonds is 5. The van der Waals surface area contributed by atoms with E-state index in [0.29, 0.717) is 11.4 Å². The average Bonchev–Trinajstić information content (AvgIpc) is 2.83. The summed E-state index contributed by atoms with van der Waals surface area (Å²) in [5.74, 6) is 0.504. The maximum Gasteiger partial charge on any atom is 0.296 e. The van der Waals surface area contributed by atoms with Crippen molar-refractivity contribution in [1.29, 1.82) is 0 Å². The number of hydrogen-bond donors (Lipinski definition) is 1. The lowest BCUT2D eigenvalue weighted by Gasteiger charge is -2.24. The molecule has 1 aromatic rings. The predicted octanol–water partition coefficient (Wildman–Crippen LogP) is 3.60. The van der Waals surface area contributed by atoms with Gasteiger partial charge in [0.05, 0.1) is 18.1 Å². The summed E-state index contributed by atoms with van der Waals surface area (Å²) in [5, 5.41) is 14.3. The molecule has 1 aliphatic carbocycles. The summed E-state index contributed by atoms with van der Waals surface area (Å²) in [7, 11) is 1.51. The molecule has 104 valence electrons. The lowest BCUT2D eigenvalue weighted by atomic mass is 9.89. The van der Waals surface area contributed by atoms with Crippen molar-refractivity contribution in [1.82, 2.24) is 0 Å². The molecule has 0 heterocycles. The summed E-state index contributed by atoms with van der Waals surface area (Å²) in [6.07, 6.45) is 4.87. The average molecular weight is 264 g/mol. The van der Waals surface area contributed by atoms with Crippen LogP contribution in [-0.4, -0.2) is 18.6 Å². The van der Waals surface area contributed by atoms with Gasteiger partial charge in [0.15, 0.2) is 0 Å². The van der Waals surface area contributed by atoms with Gasteiger partial charge < -0.3 is 10.1 Å². The van der Waals surface area contributed by atoms with E-state index in [1.807, 2.05) is 0 Å². The third-order valence-electron chi connectivity index (χ3n) is 3.92. The second-order valence-corrected chi connectivity index (χ2v) is 5.51. The van der Waals surface area contributed by atoms with E-state index in [4.69, 9.17) is 4.74 Å². The van der Waals surface area contributed by atoms with Crippen LogP contribution in [0.3, 0.4) is 0 Å². The third kappa shape index (κ3) is 3.16. The van der Waals surface area contributed by atoms with Gasteiger partial charge in [-0.15, -0.1) is 0 Å². The fraction of sp³-hybridized carbons (Fsp3) is 0.571. The van der Waals surface area contributed by atoms with Gasteiger partial charge in [0, 0.05) is 6.54 Å². The molecule has 5 heteroatoms. The number of nitro groups is 1. The highest BCUT2D eigenvalue weighted by atomic mass is 16.6. The van der Waals surface area contributed by atoms with Crippen molar-refractivity contribution in [2.45, 2.75) is 32.6 Å². The minimum atomic E-state index is -0.373. The zero-order chi connectivity index (χ0) is 13.9. The van der Waals surface area contributed by atoms with E-state index >= 15 is 0 Å². The number of anilines is 1. The molecule has 1 N–H and O–H groups in total. The molecule has 1 aromatic carbocycles. The molecule has 0 spiro atoms. The van der Waals surface area contributed by atoms with Crippen LogP contribution in [0.4, 0.5) is 11.4 Å². The van der Waals surface area contributed by atoms with Gasteiger partial charge in [0.1, 0.15) is 11.4 Å². The van der Waals surface area contributed by atoms with Gasteiger partial charge >= 0.3 is 0 Å². The van der Waals surface area contributed by atoms with E-state index < -0.39 is 0 Å². The molecular formula is C14H20N2O3. The van der Waals surface area contributed by atoms with Gasteiger partial charge in [-0.2, -0.15) is 0 Å². The second kappa shape index (κ2) is 5.47.